The second-order valence-corrected chi connectivity index (χ2v) is 12.4. The molecule has 12 N–H and O–H groups in total. The molecular formula is C31H42N8O12S. The lowest BCUT2D eigenvalue weighted by atomic mass is 10.0. The van der Waals surface area contributed by atoms with Crippen LogP contribution in [0.25, 0.3) is 0 Å². The number of carboxylic acid groups (broad SMARTS) is 3. The Morgan fingerprint density at radius 2 is 1.40 bits per heavy atom. The Morgan fingerprint density at radius 3 is 1.98 bits per heavy atom. The summed E-state index contributed by atoms with van der Waals surface area (Å²) in [4.78, 5) is 106. The molecule has 2 aromatic rings. The van der Waals surface area contributed by atoms with Gasteiger partial charge < -0.3 is 57.7 Å². The number of aromatic hydroxyl groups is 1. The number of carboxylic acids is 3. The van der Waals surface area contributed by atoms with Crippen LogP contribution in [-0.2, 0) is 51.2 Å². The van der Waals surface area contributed by atoms with E-state index in [2.05, 4.69) is 36.6 Å². The van der Waals surface area contributed by atoms with E-state index in [1.54, 1.807) is 6.26 Å². The average Bonchev–Trinajstić information content (AvgIpc) is 3.60. The Labute approximate surface area is 301 Å². The Bertz CT molecular complexity index is 1560. The third kappa shape index (κ3) is 15.5. The van der Waals surface area contributed by atoms with E-state index in [1.165, 1.54) is 48.6 Å². The Kier molecular flexibility index (Phi) is 17.6. The fourth-order valence-corrected chi connectivity index (χ4v) is 5.05. The first-order valence-corrected chi connectivity index (χ1v) is 17.1. The molecule has 21 heteroatoms. The summed E-state index contributed by atoms with van der Waals surface area (Å²) in [5.74, 6) is -8.62. The van der Waals surface area contributed by atoms with Gasteiger partial charge in [-0.2, -0.15) is 11.8 Å². The highest BCUT2D eigenvalue weighted by atomic mass is 32.2. The molecule has 0 saturated heterocycles. The highest BCUT2D eigenvalue weighted by Gasteiger charge is 2.32. The minimum Gasteiger partial charge on any atom is -0.508 e. The van der Waals surface area contributed by atoms with E-state index in [-0.39, 0.29) is 31.4 Å². The monoisotopic (exact) mass is 750 g/mol. The minimum atomic E-state index is -1.75. The number of nitrogens with one attached hydrogen (secondary N) is 6. The molecule has 0 unspecified atom stereocenters. The molecule has 5 atom stereocenters. The number of aliphatic carboxylic acids is 3. The van der Waals surface area contributed by atoms with Crippen LogP contribution in [0.4, 0.5) is 0 Å². The highest BCUT2D eigenvalue weighted by molar-refractivity contribution is 7.98. The molecule has 52 heavy (non-hydrogen) atoms. The molecule has 5 amide bonds. The van der Waals surface area contributed by atoms with E-state index < -0.39 is 97.0 Å². The number of benzene rings is 1. The molecular weight excluding hydrogens is 708 g/mol. The third-order valence-corrected chi connectivity index (χ3v) is 7.94. The van der Waals surface area contributed by atoms with Gasteiger partial charge in [-0.05, 0) is 42.5 Å². The zero-order valence-corrected chi connectivity index (χ0v) is 28.8. The van der Waals surface area contributed by atoms with Gasteiger partial charge in [0.2, 0.25) is 29.5 Å². The molecule has 0 aliphatic carbocycles. The lowest BCUT2D eigenvalue weighted by Crippen LogP contribution is -2.57. The quantitative estimate of drug-likeness (QED) is 0.0557. The number of carbonyl (C=O) groups is 8. The van der Waals surface area contributed by atoms with Crippen LogP contribution in [0.2, 0.25) is 0 Å². The first-order valence-electron chi connectivity index (χ1n) is 15.7. The van der Waals surface area contributed by atoms with Crippen molar-refractivity contribution in [1.29, 1.82) is 0 Å². The van der Waals surface area contributed by atoms with Gasteiger partial charge in [-0.1, -0.05) is 12.1 Å². The van der Waals surface area contributed by atoms with Crippen LogP contribution >= 0.6 is 11.8 Å². The number of carbonyl (C=O) groups excluding carboxylic acids is 5. The Balaban J connectivity index is 2.08. The van der Waals surface area contributed by atoms with E-state index in [9.17, 15) is 53.7 Å². The molecule has 284 valence electrons. The van der Waals surface area contributed by atoms with Gasteiger partial charge in [-0.3, -0.25) is 33.6 Å². The zero-order valence-electron chi connectivity index (χ0n) is 28.0. The second kappa shape index (κ2) is 21.5. The maximum Gasteiger partial charge on any atom is 0.326 e. The van der Waals surface area contributed by atoms with Crippen molar-refractivity contribution < 1.29 is 58.8 Å². The van der Waals surface area contributed by atoms with Crippen molar-refractivity contribution in [2.45, 2.75) is 68.7 Å². The summed E-state index contributed by atoms with van der Waals surface area (Å²) in [5.41, 5.74) is 6.88. The number of aromatic amines is 1. The molecule has 2 rings (SSSR count). The Morgan fingerprint density at radius 1 is 0.788 bits per heavy atom. The van der Waals surface area contributed by atoms with E-state index in [0.29, 0.717) is 17.0 Å². The summed E-state index contributed by atoms with van der Waals surface area (Å²) >= 11 is 1.30. The standard InChI is InChI=1S/C31H42N8O12S/c1-52-9-8-21(29(48)38-22(12-26(44)45)30(49)39-23(31(50)51)10-16-2-4-18(40)5-3-16)36-24(41)14-34-28(47)20(6-7-25(42)43)37-27(46)19(32)11-17-13-33-15-35-17/h2-5,13,15,19-23,40H,6-12,14,32H2,1H3,(H,33,35)(H,34,47)(H,36,41)(H,37,46)(H,38,48)(H,39,49)(H,42,43)(H,44,45)(H,50,51)/t19-,20-,21-,22-,23-/m0/s1. The fraction of sp³-hybridized carbons (Fsp3) is 0.452. The zero-order chi connectivity index (χ0) is 38.8. The second-order valence-electron chi connectivity index (χ2n) is 11.4. The van der Waals surface area contributed by atoms with Gasteiger partial charge in [0.15, 0.2) is 0 Å². The van der Waals surface area contributed by atoms with Gasteiger partial charge in [0, 0.05) is 31.2 Å². The smallest absolute Gasteiger partial charge is 0.326 e. The SMILES string of the molecule is CSCC[C@H](NC(=O)CNC(=O)[C@H](CCC(=O)O)NC(=O)[C@@H](N)Cc1cnc[nH]1)C(=O)N[C@@H](CC(=O)O)C(=O)N[C@@H](Cc1ccc(O)cc1)C(=O)O. The topological polar surface area (TPSA) is 332 Å². The lowest BCUT2D eigenvalue weighted by Gasteiger charge is -2.24. The third-order valence-electron chi connectivity index (χ3n) is 7.30. The summed E-state index contributed by atoms with van der Waals surface area (Å²) in [5, 5.41) is 49.1. The number of thioether (sulfide) groups is 1. The molecule has 0 aliphatic heterocycles. The van der Waals surface area contributed by atoms with Crippen molar-refractivity contribution >= 4 is 59.2 Å². The highest BCUT2D eigenvalue weighted by Crippen LogP contribution is 2.12. The first kappa shape index (κ1) is 42.5. The number of imidazole rings is 1. The van der Waals surface area contributed by atoms with Crippen molar-refractivity contribution in [3.8, 4) is 5.75 Å². The summed E-state index contributed by atoms with van der Waals surface area (Å²) < 4.78 is 0. The van der Waals surface area contributed by atoms with Gasteiger partial charge in [0.1, 0.15) is 29.9 Å². The van der Waals surface area contributed by atoms with E-state index >= 15 is 0 Å². The molecule has 0 fully saturated rings. The number of H-pyrrole nitrogens is 1. The van der Waals surface area contributed by atoms with Crippen molar-refractivity contribution in [3.05, 3.63) is 48.0 Å². The normalized spacial score (nSPS) is 13.7. The maximum atomic E-state index is 13.3. The summed E-state index contributed by atoms with van der Waals surface area (Å²) in [6.07, 6.45) is 2.57. The van der Waals surface area contributed by atoms with Gasteiger partial charge in [-0.25, -0.2) is 9.78 Å². The maximum absolute atomic E-state index is 13.3. The first-order chi connectivity index (χ1) is 24.6. The number of rotatable bonds is 23. The molecule has 0 aliphatic rings. The Hall–Kier alpha value is -5.70. The van der Waals surface area contributed by atoms with Crippen molar-refractivity contribution in [3.63, 3.8) is 0 Å². The van der Waals surface area contributed by atoms with E-state index in [0.717, 1.165) is 0 Å². The van der Waals surface area contributed by atoms with Gasteiger partial charge in [-0.15, -0.1) is 0 Å². The molecule has 0 radical (unpaired) electrons. The molecule has 1 heterocycles. The van der Waals surface area contributed by atoms with Gasteiger partial charge in [0.25, 0.3) is 0 Å². The molecule has 20 nitrogen and oxygen atoms in total. The van der Waals surface area contributed by atoms with Crippen LogP contribution in [-0.4, -0.2) is 127 Å². The number of hydrogen-bond donors (Lipinski definition) is 11. The number of hydrogen-bond acceptors (Lipinski definition) is 12. The number of phenolic OH excluding ortho intramolecular Hbond substituents is 1. The van der Waals surface area contributed by atoms with Crippen molar-refractivity contribution in [1.82, 2.24) is 36.6 Å². The largest absolute Gasteiger partial charge is 0.508 e. The number of phenols is 1. The minimum absolute atomic E-state index is 0.00177. The van der Waals surface area contributed by atoms with Crippen LogP contribution in [0, 0.1) is 0 Å². The van der Waals surface area contributed by atoms with E-state index in [4.69, 9.17) is 10.8 Å². The molecule has 0 spiro atoms. The summed E-state index contributed by atoms with van der Waals surface area (Å²) in [7, 11) is 0. The molecule has 1 aromatic heterocycles. The number of aromatic nitrogens is 2. The van der Waals surface area contributed by atoms with Crippen LogP contribution < -0.4 is 32.3 Å². The predicted molar refractivity (Wildman–Crippen MR) is 183 cm³/mol. The fourth-order valence-electron chi connectivity index (χ4n) is 4.58. The van der Waals surface area contributed by atoms with Crippen LogP contribution in [0.3, 0.4) is 0 Å². The number of amides is 5. The van der Waals surface area contributed by atoms with Gasteiger partial charge in [0.05, 0.1) is 25.3 Å². The van der Waals surface area contributed by atoms with E-state index in [1.807, 2.05) is 0 Å². The van der Waals surface area contributed by atoms with Gasteiger partial charge >= 0.3 is 17.9 Å². The number of nitrogens with zero attached hydrogens (tertiary/aromatic N) is 1. The van der Waals surface area contributed by atoms with Crippen LogP contribution in [0.1, 0.15) is 36.9 Å². The lowest BCUT2D eigenvalue weighted by molar-refractivity contribution is -0.143. The predicted octanol–water partition coefficient (Wildman–Crippen LogP) is -2.54. The molecule has 0 saturated carbocycles. The van der Waals surface area contributed by atoms with Crippen molar-refractivity contribution in [2.24, 2.45) is 5.73 Å². The average molecular weight is 751 g/mol. The summed E-state index contributed by atoms with van der Waals surface area (Å²) in [6, 6.07) is -1.64. The molecule has 0 bridgehead atoms. The summed E-state index contributed by atoms with van der Waals surface area (Å²) in [6.45, 7) is -0.724. The van der Waals surface area contributed by atoms with Crippen LogP contribution in [0.5, 0.6) is 5.75 Å². The number of nitrogens with two attached hydrogens (primary N) is 1. The van der Waals surface area contributed by atoms with Crippen molar-refractivity contribution in [2.75, 3.05) is 18.6 Å². The molecule has 1 aromatic carbocycles. The van der Waals surface area contributed by atoms with Crippen LogP contribution in [0.15, 0.2) is 36.8 Å².